The summed E-state index contributed by atoms with van der Waals surface area (Å²) in [6.07, 6.45) is 0.0439. The fraction of sp³-hybridized carbons (Fsp3) is 0.0667. The van der Waals surface area contributed by atoms with Crippen LogP contribution in [0.15, 0.2) is 48.5 Å². The highest BCUT2D eigenvalue weighted by Crippen LogP contribution is 2.24. The van der Waals surface area contributed by atoms with Gasteiger partial charge in [0.1, 0.15) is 0 Å². The second kappa shape index (κ2) is 4.83. The molecule has 1 radical (unpaired) electrons. The number of benzene rings is 2. The Morgan fingerprint density at radius 2 is 1.71 bits per heavy atom. The van der Waals surface area contributed by atoms with Gasteiger partial charge in [0, 0.05) is 0 Å². The molecule has 2 aromatic carbocycles. The maximum atomic E-state index is 10.8. The van der Waals surface area contributed by atoms with Crippen molar-refractivity contribution < 1.29 is 9.90 Å². The molecule has 0 bridgehead atoms. The van der Waals surface area contributed by atoms with E-state index in [0.29, 0.717) is 0 Å². The Labute approximate surface area is 101 Å². The van der Waals surface area contributed by atoms with Crippen molar-refractivity contribution in [1.82, 2.24) is 0 Å². The summed E-state index contributed by atoms with van der Waals surface area (Å²) in [6.45, 7) is 3.83. The van der Waals surface area contributed by atoms with Gasteiger partial charge in [0.25, 0.3) is 0 Å². The molecule has 2 heteroatoms. The minimum Gasteiger partial charge on any atom is -0.481 e. The van der Waals surface area contributed by atoms with Crippen LogP contribution >= 0.6 is 0 Å². The van der Waals surface area contributed by atoms with Gasteiger partial charge in [-0.25, -0.2) is 0 Å². The summed E-state index contributed by atoms with van der Waals surface area (Å²) in [4.78, 5) is 10.8. The van der Waals surface area contributed by atoms with E-state index in [2.05, 4.69) is 6.92 Å². The molecule has 0 amide bonds. The Balaban J connectivity index is 2.44. The summed E-state index contributed by atoms with van der Waals surface area (Å²) in [7, 11) is 0. The van der Waals surface area contributed by atoms with Gasteiger partial charge < -0.3 is 5.11 Å². The van der Waals surface area contributed by atoms with Crippen LogP contribution in [-0.4, -0.2) is 11.1 Å². The topological polar surface area (TPSA) is 37.3 Å². The highest BCUT2D eigenvalue weighted by atomic mass is 16.4. The third kappa shape index (κ3) is 2.72. The van der Waals surface area contributed by atoms with Gasteiger partial charge in [-0.15, -0.1) is 0 Å². The summed E-state index contributed by atoms with van der Waals surface area (Å²) >= 11 is 0. The van der Waals surface area contributed by atoms with E-state index in [1.807, 2.05) is 48.5 Å². The standard InChI is InChI=1S/C15H13O2/c1-11-6-8-12(9-7-11)14-5-3-2-4-13(14)10-15(16)17/h2-9H,1,10H2,(H,16,17). The van der Waals surface area contributed by atoms with Crippen molar-refractivity contribution in [3.05, 3.63) is 66.6 Å². The first-order chi connectivity index (χ1) is 8.16. The molecule has 0 fully saturated rings. The fourth-order valence-electron chi connectivity index (χ4n) is 1.80. The average Bonchev–Trinajstić information content (AvgIpc) is 2.30. The van der Waals surface area contributed by atoms with Crippen LogP contribution in [0, 0.1) is 6.92 Å². The van der Waals surface area contributed by atoms with E-state index in [9.17, 15) is 4.79 Å². The van der Waals surface area contributed by atoms with E-state index in [4.69, 9.17) is 5.11 Å². The lowest BCUT2D eigenvalue weighted by molar-refractivity contribution is -0.136. The van der Waals surface area contributed by atoms with E-state index in [1.165, 1.54) is 0 Å². The number of hydrogen-bond donors (Lipinski definition) is 1. The van der Waals surface area contributed by atoms with Crippen molar-refractivity contribution in [1.29, 1.82) is 0 Å². The minimum absolute atomic E-state index is 0.0439. The molecular formula is C15H13O2. The Morgan fingerprint density at radius 1 is 1.06 bits per heavy atom. The van der Waals surface area contributed by atoms with Crippen LogP contribution in [0.1, 0.15) is 11.1 Å². The molecule has 2 aromatic rings. The number of hydrogen-bond acceptors (Lipinski definition) is 1. The first-order valence-electron chi connectivity index (χ1n) is 5.39. The fourth-order valence-corrected chi connectivity index (χ4v) is 1.80. The van der Waals surface area contributed by atoms with E-state index in [0.717, 1.165) is 22.3 Å². The van der Waals surface area contributed by atoms with Crippen LogP contribution in [0.2, 0.25) is 0 Å². The van der Waals surface area contributed by atoms with Crippen molar-refractivity contribution in [3.63, 3.8) is 0 Å². The molecule has 0 unspecified atom stereocenters. The summed E-state index contributed by atoms with van der Waals surface area (Å²) in [5, 5.41) is 8.87. The first-order valence-corrected chi connectivity index (χ1v) is 5.39. The van der Waals surface area contributed by atoms with Crippen molar-refractivity contribution >= 4 is 5.97 Å². The molecule has 0 aliphatic rings. The zero-order valence-electron chi connectivity index (χ0n) is 9.39. The number of carbonyl (C=O) groups is 1. The number of carboxylic acid groups (broad SMARTS) is 1. The molecule has 0 heterocycles. The van der Waals surface area contributed by atoms with Crippen LogP contribution < -0.4 is 0 Å². The van der Waals surface area contributed by atoms with E-state index in [-0.39, 0.29) is 6.42 Å². The lowest BCUT2D eigenvalue weighted by atomic mass is 9.97. The second-order valence-electron chi connectivity index (χ2n) is 3.92. The monoisotopic (exact) mass is 225 g/mol. The van der Waals surface area contributed by atoms with Crippen molar-refractivity contribution in [3.8, 4) is 11.1 Å². The second-order valence-corrected chi connectivity index (χ2v) is 3.92. The zero-order chi connectivity index (χ0) is 12.3. The smallest absolute Gasteiger partial charge is 0.307 e. The maximum Gasteiger partial charge on any atom is 0.307 e. The first kappa shape index (κ1) is 11.4. The predicted octanol–water partition coefficient (Wildman–Crippen LogP) is 3.16. The van der Waals surface area contributed by atoms with Crippen molar-refractivity contribution in [2.24, 2.45) is 0 Å². The minimum atomic E-state index is -0.814. The van der Waals surface area contributed by atoms with E-state index in [1.54, 1.807) is 0 Å². The molecule has 2 rings (SSSR count). The molecule has 0 saturated heterocycles. The lowest BCUT2D eigenvalue weighted by Gasteiger charge is -2.08. The number of aliphatic carboxylic acids is 1. The molecule has 0 atom stereocenters. The van der Waals surface area contributed by atoms with Gasteiger partial charge in [-0.2, -0.15) is 0 Å². The molecular weight excluding hydrogens is 212 g/mol. The van der Waals surface area contributed by atoms with Gasteiger partial charge in [-0.3, -0.25) is 4.79 Å². The van der Waals surface area contributed by atoms with Gasteiger partial charge in [0.15, 0.2) is 0 Å². The van der Waals surface area contributed by atoms with Crippen molar-refractivity contribution in [2.45, 2.75) is 6.42 Å². The third-order valence-electron chi connectivity index (χ3n) is 2.62. The SMILES string of the molecule is [CH2]c1ccc(-c2ccccc2CC(=O)O)cc1. The molecule has 0 saturated carbocycles. The van der Waals surface area contributed by atoms with Gasteiger partial charge in [0.2, 0.25) is 0 Å². The molecule has 0 aliphatic carbocycles. The Hall–Kier alpha value is -2.09. The largest absolute Gasteiger partial charge is 0.481 e. The molecule has 0 aromatic heterocycles. The van der Waals surface area contributed by atoms with Gasteiger partial charge in [0.05, 0.1) is 6.42 Å². The quantitative estimate of drug-likeness (QED) is 0.871. The average molecular weight is 225 g/mol. The molecule has 85 valence electrons. The van der Waals surface area contributed by atoms with Gasteiger partial charge in [-0.05, 0) is 29.2 Å². The maximum absolute atomic E-state index is 10.8. The number of carboxylic acids is 1. The summed E-state index contributed by atoms with van der Waals surface area (Å²) in [6, 6.07) is 15.3. The van der Waals surface area contributed by atoms with Crippen LogP contribution in [0.3, 0.4) is 0 Å². The summed E-state index contributed by atoms with van der Waals surface area (Å²) < 4.78 is 0. The van der Waals surface area contributed by atoms with Crippen LogP contribution in [0.5, 0.6) is 0 Å². The van der Waals surface area contributed by atoms with Crippen LogP contribution in [-0.2, 0) is 11.2 Å². The molecule has 1 N–H and O–H groups in total. The molecule has 2 nitrogen and oxygen atoms in total. The summed E-state index contributed by atoms with van der Waals surface area (Å²) in [5.41, 5.74) is 3.77. The third-order valence-corrected chi connectivity index (χ3v) is 2.62. The molecule has 0 aliphatic heterocycles. The molecule has 0 spiro atoms. The van der Waals surface area contributed by atoms with Crippen LogP contribution in [0.4, 0.5) is 0 Å². The number of rotatable bonds is 3. The Morgan fingerprint density at radius 3 is 2.35 bits per heavy atom. The predicted molar refractivity (Wildman–Crippen MR) is 67.7 cm³/mol. The van der Waals surface area contributed by atoms with Gasteiger partial charge in [-0.1, -0.05) is 48.5 Å². The highest BCUT2D eigenvalue weighted by molar-refractivity contribution is 5.76. The zero-order valence-corrected chi connectivity index (χ0v) is 9.39. The van der Waals surface area contributed by atoms with E-state index < -0.39 is 5.97 Å². The van der Waals surface area contributed by atoms with Crippen LogP contribution in [0.25, 0.3) is 11.1 Å². The van der Waals surface area contributed by atoms with Crippen molar-refractivity contribution in [2.75, 3.05) is 0 Å². The lowest BCUT2D eigenvalue weighted by Crippen LogP contribution is -2.01. The Bertz CT molecular complexity index is 527. The van der Waals surface area contributed by atoms with Gasteiger partial charge >= 0.3 is 5.97 Å². The Kier molecular flexibility index (Phi) is 3.24. The molecule has 17 heavy (non-hydrogen) atoms. The normalized spacial score (nSPS) is 10.2. The van der Waals surface area contributed by atoms with E-state index >= 15 is 0 Å². The highest BCUT2D eigenvalue weighted by Gasteiger charge is 2.07. The summed E-state index contributed by atoms with van der Waals surface area (Å²) in [5.74, 6) is -0.814.